The lowest BCUT2D eigenvalue weighted by atomic mass is 9.95. The van der Waals surface area contributed by atoms with Crippen LogP contribution in [0.1, 0.15) is 19.8 Å². The molecule has 1 fully saturated rings. The maximum Gasteiger partial charge on any atom is 0.221 e. The average molecular weight is 333 g/mol. The van der Waals surface area contributed by atoms with Crippen molar-refractivity contribution in [3.05, 3.63) is 30.1 Å². The van der Waals surface area contributed by atoms with Gasteiger partial charge in [-0.2, -0.15) is 0 Å². The third-order valence-electron chi connectivity index (χ3n) is 3.56. The van der Waals surface area contributed by atoms with E-state index in [1.807, 2.05) is 6.07 Å². The van der Waals surface area contributed by atoms with Crippen molar-refractivity contribution in [1.29, 1.82) is 0 Å². The fourth-order valence-electron chi connectivity index (χ4n) is 2.32. The second kappa shape index (κ2) is 9.28. The van der Waals surface area contributed by atoms with Crippen molar-refractivity contribution in [3.63, 3.8) is 0 Å². The lowest BCUT2D eigenvalue weighted by Crippen LogP contribution is -2.48. The highest BCUT2D eigenvalue weighted by Gasteiger charge is 2.22. The molecule has 2 N–H and O–H groups in total. The van der Waals surface area contributed by atoms with Gasteiger partial charge in [-0.15, -0.1) is 24.2 Å². The molecule has 3 nitrogen and oxygen atoms in total. The maximum absolute atomic E-state index is 13.4. The summed E-state index contributed by atoms with van der Waals surface area (Å²) in [7, 11) is 0. The standard InChI is InChI=1S/C15H21FN2OS.ClH/c1-11-10-17-8-6-13(11)18-15(19)7-9-20-14-5-3-2-4-12(14)16;/h2-5,11,13,17H,6-10H2,1H3,(H,18,19);1H. The van der Waals surface area contributed by atoms with E-state index in [0.717, 1.165) is 19.5 Å². The summed E-state index contributed by atoms with van der Waals surface area (Å²) >= 11 is 1.39. The van der Waals surface area contributed by atoms with Crippen LogP contribution < -0.4 is 10.6 Å². The lowest BCUT2D eigenvalue weighted by Gasteiger charge is -2.30. The summed E-state index contributed by atoms with van der Waals surface area (Å²) in [6.07, 6.45) is 1.41. The van der Waals surface area contributed by atoms with E-state index in [2.05, 4.69) is 17.6 Å². The number of rotatable bonds is 5. The van der Waals surface area contributed by atoms with Crippen LogP contribution in [0, 0.1) is 11.7 Å². The summed E-state index contributed by atoms with van der Waals surface area (Å²) in [5.74, 6) is 0.913. The smallest absolute Gasteiger partial charge is 0.221 e. The Balaban J connectivity index is 0.00000220. The highest BCUT2D eigenvalue weighted by molar-refractivity contribution is 7.99. The monoisotopic (exact) mass is 332 g/mol. The Hall–Kier alpha value is -0.780. The number of nitrogens with one attached hydrogen (secondary N) is 2. The molecule has 0 saturated carbocycles. The van der Waals surface area contributed by atoms with Gasteiger partial charge in [0.1, 0.15) is 5.82 Å². The van der Waals surface area contributed by atoms with Crippen LogP contribution in [-0.2, 0) is 4.79 Å². The zero-order valence-electron chi connectivity index (χ0n) is 12.1. The van der Waals surface area contributed by atoms with Crippen LogP contribution in [0.5, 0.6) is 0 Å². The molecule has 0 aliphatic carbocycles. The first kappa shape index (κ1) is 18.3. The second-order valence-electron chi connectivity index (χ2n) is 5.17. The van der Waals surface area contributed by atoms with Gasteiger partial charge in [0.05, 0.1) is 0 Å². The van der Waals surface area contributed by atoms with Crippen LogP contribution in [0.3, 0.4) is 0 Å². The predicted octanol–water partition coefficient (Wildman–Crippen LogP) is 2.84. The molecule has 1 aromatic carbocycles. The highest BCUT2D eigenvalue weighted by Crippen LogP contribution is 2.21. The summed E-state index contributed by atoms with van der Waals surface area (Å²) in [6.45, 7) is 4.05. The number of amides is 1. The number of piperidine rings is 1. The SMILES string of the molecule is CC1CNCCC1NC(=O)CCSc1ccccc1F.Cl. The molecule has 21 heavy (non-hydrogen) atoms. The molecule has 1 aromatic rings. The maximum atomic E-state index is 13.4. The summed E-state index contributed by atoms with van der Waals surface area (Å²) < 4.78 is 13.4. The molecule has 2 unspecified atom stereocenters. The minimum Gasteiger partial charge on any atom is -0.353 e. The van der Waals surface area contributed by atoms with E-state index >= 15 is 0 Å². The molecule has 1 aliphatic heterocycles. The van der Waals surface area contributed by atoms with Gasteiger partial charge in [-0.25, -0.2) is 4.39 Å². The van der Waals surface area contributed by atoms with Gasteiger partial charge in [-0.05, 0) is 37.6 Å². The molecule has 1 aliphatic rings. The Bertz CT molecular complexity index is 461. The Kier molecular flexibility index (Phi) is 8.07. The van der Waals surface area contributed by atoms with Gasteiger partial charge in [-0.3, -0.25) is 4.79 Å². The fraction of sp³-hybridized carbons (Fsp3) is 0.533. The molecular weight excluding hydrogens is 311 g/mol. The van der Waals surface area contributed by atoms with Crippen molar-refractivity contribution in [2.45, 2.75) is 30.7 Å². The number of carbonyl (C=O) groups is 1. The van der Waals surface area contributed by atoms with E-state index in [9.17, 15) is 9.18 Å². The molecule has 2 atom stereocenters. The van der Waals surface area contributed by atoms with Crippen LogP contribution in [-0.4, -0.2) is 30.8 Å². The number of thioether (sulfide) groups is 1. The van der Waals surface area contributed by atoms with Crippen LogP contribution in [0.2, 0.25) is 0 Å². The largest absolute Gasteiger partial charge is 0.353 e. The highest BCUT2D eigenvalue weighted by atomic mass is 35.5. The van der Waals surface area contributed by atoms with E-state index in [0.29, 0.717) is 23.0 Å². The lowest BCUT2D eigenvalue weighted by molar-refractivity contribution is -0.121. The third-order valence-corrected chi connectivity index (χ3v) is 4.61. The van der Waals surface area contributed by atoms with Gasteiger partial charge in [0.25, 0.3) is 0 Å². The van der Waals surface area contributed by atoms with E-state index in [-0.39, 0.29) is 30.2 Å². The number of hydrogen-bond donors (Lipinski definition) is 2. The van der Waals surface area contributed by atoms with Crippen LogP contribution in [0.25, 0.3) is 0 Å². The quantitative estimate of drug-likeness (QED) is 0.815. The topological polar surface area (TPSA) is 41.1 Å². The molecule has 2 rings (SSSR count). The van der Waals surface area contributed by atoms with Gasteiger partial charge in [-0.1, -0.05) is 19.1 Å². The van der Waals surface area contributed by atoms with Crippen molar-refractivity contribution in [2.75, 3.05) is 18.8 Å². The molecule has 0 bridgehead atoms. The first-order valence-electron chi connectivity index (χ1n) is 7.04. The fourth-order valence-corrected chi connectivity index (χ4v) is 3.21. The number of halogens is 2. The number of hydrogen-bond acceptors (Lipinski definition) is 3. The summed E-state index contributed by atoms with van der Waals surface area (Å²) in [5.41, 5.74) is 0. The molecule has 0 aromatic heterocycles. The average Bonchev–Trinajstić information content (AvgIpc) is 2.43. The van der Waals surface area contributed by atoms with Crippen LogP contribution in [0.15, 0.2) is 29.2 Å². The van der Waals surface area contributed by atoms with Gasteiger partial charge < -0.3 is 10.6 Å². The molecular formula is C15H22ClFN2OS. The van der Waals surface area contributed by atoms with Crippen LogP contribution >= 0.6 is 24.2 Å². The van der Waals surface area contributed by atoms with Crippen molar-refractivity contribution in [1.82, 2.24) is 10.6 Å². The molecule has 1 amide bonds. The molecule has 1 heterocycles. The molecule has 0 radical (unpaired) electrons. The minimum absolute atomic E-state index is 0. The zero-order chi connectivity index (χ0) is 14.4. The van der Waals surface area contributed by atoms with Crippen molar-refractivity contribution < 1.29 is 9.18 Å². The van der Waals surface area contributed by atoms with Gasteiger partial charge in [0, 0.05) is 23.1 Å². The first-order valence-corrected chi connectivity index (χ1v) is 8.03. The second-order valence-corrected chi connectivity index (χ2v) is 6.31. The van der Waals surface area contributed by atoms with Gasteiger partial charge in [0.2, 0.25) is 5.91 Å². The van der Waals surface area contributed by atoms with E-state index < -0.39 is 0 Å². The minimum atomic E-state index is -0.218. The predicted molar refractivity (Wildman–Crippen MR) is 87.6 cm³/mol. The Morgan fingerprint density at radius 1 is 1.48 bits per heavy atom. The summed E-state index contributed by atoms with van der Waals surface area (Å²) in [6, 6.07) is 6.93. The molecule has 6 heteroatoms. The van der Waals surface area contributed by atoms with E-state index in [4.69, 9.17) is 0 Å². The van der Waals surface area contributed by atoms with Crippen LogP contribution in [0.4, 0.5) is 4.39 Å². The summed E-state index contributed by atoms with van der Waals surface area (Å²) in [5, 5.41) is 6.40. The van der Waals surface area contributed by atoms with Crippen molar-refractivity contribution >= 4 is 30.1 Å². The zero-order valence-corrected chi connectivity index (χ0v) is 13.7. The Morgan fingerprint density at radius 3 is 2.95 bits per heavy atom. The van der Waals surface area contributed by atoms with E-state index in [1.165, 1.54) is 17.8 Å². The van der Waals surface area contributed by atoms with Gasteiger partial charge >= 0.3 is 0 Å². The molecule has 0 spiro atoms. The number of carbonyl (C=O) groups excluding carboxylic acids is 1. The Labute approximate surface area is 135 Å². The van der Waals surface area contributed by atoms with Crippen molar-refractivity contribution in [3.8, 4) is 0 Å². The Morgan fingerprint density at radius 2 is 2.24 bits per heavy atom. The molecule has 1 saturated heterocycles. The number of benzene rings is 1. The van der Waals surface area contributed by atoms with Crippen molar-refractivity contribution in [2.24, 2.45) is 5.92 Å². The summed E-state index contributed by atoms with van der Waals surface area (Å²) in [4.78, 5) is 12.5. The first-order chi connectivity index (χ1) is 9.66. The van der Waals surface area contributed by atoms with E-state index in [1.54, 1.807) is 12.1 Å². The van der Waals surface area contributed by atoms with Gasteiger partial charge in [0.15, 0.2) is 0 Å². The molecule has 118 valence electrons. The third kappa shape index (κ3) is 5.85. The normalized spacial score (nSPS) is 21.4.